The first-order valence-corrected chi connectivity index (χ1v) is 4.61. The van der Waals surface area contributed by atoms with Crippen molar-refractivity contribution in [2.24, 2.45) is 0 Å². The molecule has 0 bridgehead atoms. The number of hydrogen-bond acceptors (Lipinski definition) is 2. The number of carbonyl (C=O) groups is 1. The molecule has 14 heavy (non-hydrogen) atoms. The Balaban J connectivity index is 2.90. The summed E-state index contributed by atoms with van der Waals surface area (Å²) >= 11 is 5.98. The summed E-state index contributed by atoms with van der Waals surface area (Å²) in [7, 11) is 0. The van der Waals surface area contributed by atoms with Crippen molar-refractivity contribution in [1.82, 2.24) is 9.38 Å². The van der Waals surface area contributed by atoms with Crippen molar-refractivity contribution in [2.45, 2.75) is 13.8 Å². The van der Waals surface area contributed by atoms with Gasteiger partial charge in [0.25, 0.3) is 0 Å². The first-order valence-electron chi connectivity index (χ1n) is 4.23. The lowest BCUT2D eigenvalue weighted by atomic mass is 10.3. The molecule has 4 heteroatoms. The van der Waals surface area contributed by atoms with Gasteiger partial charge in [-0.25, -0.2) is 4.98 Å². The highest BCUT2D eigenvalue weighted by atomic mass is 35.5. The van der Waals surface area contributed by atoms with Gasteiger partial charge in [0.15, 0.2) is 11.9 Å². The predicted octanol–water partition coefficient (Wildman–Crippen LogP) is 2.42. The minimum Gasteiger partial charge on any atom is -0.302 e. The van der Waals surface area contributed by atoms with Crippen molar-refractivity contribution in [3.63, 3.8) is 0 Å². The van der Waals surface area contributed by atoms with Gasteiger partial charge in [0.1, 0.15) is 0 Å². The lowest BCUT2D eigenvalue weighted by Gasteiger charge is -1.99. The lowest BCUT2D eigenvalue weighted by Crippen LogP contribution is -1.92. The zero-order valence-corrected chi connectivity index (χ0v) is 8.67. The van der Waals surface area contributed by atoms with Gasteiger partial charge in [-0.1, -0.05) is 11.6 Å². The summed E-state index contributed by atoms with van der Waals surface area (Å²) in [4.78, 5) is 14.9. The maximum absolute atomic E-state index is 10.6. The van der Waals surface area contributed by atoms with E-state index in [2.05, 4.69) is 4.98 Å². The van der Waals surface area contributed by atoms with E-state index in [4.69, 9.17) is 11.6 Å². The van der Waals surface area contributed by atoms with Crippen LogP contribution in [-0.4, -0.2) is 15.7 Å². The Morgan fingerprint density at radius 3 is 2.86 bits per heavy atom. The van der Waals surface area contributed by atoms with E-state index in [9.17, 15) is 4.79 Å². The van der Waals surface area contributed by atoms with Crippen LogP contribution in [0.2, 0.25) is 5.02 Å². The van der Waals surface area contributed by atoms with Crippen LogP contribution in [0.15, 0.2) is 12.3 Å². The Bertz CT molecular complexity index is 516. The first kappa shape index (κ1) is 9.21. The molecule has 0 saturated heterocycles. The molecule has 0 aliphatic rings. The van der Waals surface area contributed by atoms with Gasteiger partial charge in [0, 0.05) is 17.5 Å². The number of aldehydes is 1. The van der Waals surface area contributed by atoms with E-state index in [0.29, 0.717) is 16.2 Å². The van der Waals surface area contributed by atoms with Gasteiger partial charge in [-0.05, 0) is 19.9 Å². The van der Waals surface area contributed by atoms with Crippen molar-refractivity contribution >= 4 is 23.5 Å². The van der Waals surface area contributed by atoms with Crippen molar-refractivity contribution in [2.75, 3.05) is 0 Å². The summed E-state index contributed by atoms with van der Waals surface area (Å²) in [5.41, 5.74) is 3.19. The van der Waals surface area contributed by atoms with Gasteiger partial charge < -0.3 is 4.40 Å². The van der Waals surface area contributed by atoms with Gasteiger partial charge in [0.2, 0.25) is 0 Å². The van der Waals surface area contributed by atoms with E-state index in [-0.39, 0.29) is 0 Å². The molecule has 2 rings (SSSR count). The Morgan fingerprint density at radius 2 is 2.21 bits per heavy atom. The van der Waals surface area contributed by atoms with Crippen LogP contribution in [0.3, 0.4) is 0 Å². The Labute approximate surface area is 86.3 Å². The number of nitrogens with zero attached hydrogens (tertiary/aromatic N) is 2. The number of fused-ring (bicyclic) bond motifs is 1. The van der Waals surface area contributed by atoms with Crippen LogP contribution in [0.4, 0.5) is 0 Å². The molecule has 0 fully saturated rings. The zero-order chi connectivity index (χ0) is 10.3. The van der Waals surface area contributed by atoms with Crippen LogP contribution in [0.25, 0.3) is 5.65 Å². The van der Waals surface area contributed by atoms with E-state index >= 15 is 0 Å². The number of aromatic nitrogens is 2. The monoisotopic (exact) mass is 208 g/mol. The summed E-state index contributed by atoms with van der Waals surface area (Å²) in [6.07, 6.45) is 2.52. The van der Waals surface area contributed by atoms with Gasteiger partial charge >= 0.3 is 0 Å². The molecule has 3 nitrogen and oxygen atoms in total. The van der Waals surface area contributed by atoms with Crippen molar-refractivity contribution in [3.8, 4) is 0 Å². The second kappa shape index (κ2) is 3.10. The second-order valence-electron chi connectivity index (χ2n) is 3.22. The molecule has 0 aliphatic heterocycles. The topological polar surface area (TPSA) is 34.4 Å². The van der Waals surface area contributed by atoms with E-state index < -0.39 is 0 Å². The van der Waals surface area contributed by atoms with Crippen molar-refractivity contribution in [3.05, 3.63) is 34.2 Å². The Hall–Kier alpha value is -1.35. The SMILES string of the molecule is Cc1nc2c(Cl)cc(C=O)cn2c1C. The summed E-state index contributed by atoms with van der Waals surface area (Å²) in [5.74, 6) is 0. The van der Waals surface area contributed by atoms with Gasteiger partial charge in [0.05, 0.1) is 10.7 Å². The van der Waals surface area contributed by atoms with E-state index in [1.807, 2.05) is 18.2 Å². The van der Waals surface area contributed by atoms with Crippen LogP contribution in [0.5, 0.6) is 0 Å². The average molecular weight is 209 g/mol. The van der Waals surface area contributed by atoms with E-state index in [0.717, 1.165) is 17.7 Å². The predicted molar refractivity (Wildman–Crippen MR) is 55.1 cm³/mol. The van der Waals surface area contributed by atoms with Crippen molar-refractivity contribution < 1.29 is 4.79 Å². The number of pyridine rings is 1. The number of hydrogen-bond donors (Lipinski definition) is 0. The van der Waals surface area contributed by atoms with Crippen LogP contribution in [0.1, 0.15) is 21.7 Å². The smallest absolute Gasteiger partial charge is 0.156 e. The third-order valence-corrected chi connectivity index (χ3v) is 2.59. The molecular formula is C10H9ClN2O. The maximum Gasteiger partial charge on any atom is 0.156 e. The highest BCUT2D eigenvalue weighted by Crippen LogP contribution is 2.20. The van der Waals surface area contributed by atoms with Gasteiger partial charge in [-0.2, -0.15) is 0 Å². The number of carbonyl (C=O) groups excluding carboxylic acids is 1. The Kier molecular flexibility index (Phi) is 2.04. The molecular weight excluding hydrogens is 200 g/mol. The summed E-state index contributed by atoms with van der Waals surface area (Å²) in [6, 6.07) is 1.62. The molecule has 0 spiro atoms. The fraction of sp³-hybridized carbons (Fsp3) is 0.200. The molecule has 0 amide bonds. The molecule has 2 aromatic heterocycles. The third kappa shape index (κ3) is 1.21. The highest BCUT2D eigenvalue weighted by molar-refractivity contribution is 6.33. The van der Waals surface area contributed by atoms with E-state index in [1.54, 1.807) is 12.3 Å². The standard InChI is InChI=1S/C10H9ClN2O/c1-6-7(2)13-4-8(5-14)3-9(11)10(13)12-6/h3-5H,1-2H3. The van der Waals surface area contributed by atoms with Crippen LogP contribution >= 0.6 is 11.6 Å². The van der Waals surface area contributed by atoms with Crippen LogP contribution in [-0.2, 0) is 0 Å². The number of imidazole rings is 1. The molecule has 0 aliphatic carbocycles. The van der Waals surface area contributed by atoms with Gasteiger partial charge in [-0.15, -0.1) is 0 Å². The number of rotatable bonds is 1. The highest BCUT2D eigenvalue weighted by Gasteiger charge is 2.08. The second-order valence-corrected chi connectivity index (χ2v) is 3.62. The van der Waals surface area contributed by atoms with Gasteiger partial charge in [-0.3, -0.25) is 4.79 Å². The molecule has 0 saturated carbocycles. The summed E-state index contributed by atoms with van der Waals surface area (Å²) < 4.78 is 1.83. The van der Waals surface area contributed by atoms with E-state index in [1.165, 1.54) is 0 Å². The summed E-state index contributed by atoms with van der Waals surface area (Å²) in [6.45, 7) is 3.86. The van der Waals surface area contributed by atoms with Crippen molar-refractivity contribution in [1.29, 1.82) is 0 Å². The third-order valence-electron chi connectivity index (χ3n) is 2.31. The molecule has 72 valence electrons. The largest absolute Gasteiger partial charge is 0.302 e. The molecule has 2 heterocycles. The lowest BCUT2D eigenvalue weighted by molar-refractivity contribution is 0.112. The first-order chi connectivity index (χ1) is 6.63. The number of aryl methyl sites for hydroxylation is 2. The van der Waals surface area contributed by atoms with Crippen LogP contribution in [0, 0.1) is 13.8 Å². The average Bonchev–Trinajstić information content (AvgIpc) is 2.45. The fourth-order valence-corrected chi connectivity index (χ4v) is 1.67. The Morgan fingerprint density at radius 1 is 1.50 bits per heavy atom. The molecule has 0 atom stereocenters. The quantitative estimate of drug-likeness (QED) is 0.675. The summed E-state index contributed by atoms with van der Waals surface area (Å²) in [5, 5.41) is 0.505. The number of halogens is 1. The molecule has 0 N–H and O–H groups in total. The fourth-order valence-electron chi connectivity index (χ4n) is 1.41. The maximum atomic E-state index is 10.6. The van der Waals surface area contributed by atoms with Crippen LogP contribution < -0.4 is 0 Å². The zero-order valence-electron chi connectivity index (χ0n) is 7.91. The molecule has 0 unspecified atom stereocenters. The molecule has 2 aromatic rings. The normalized spacial score (nSPS) is 10.8. The molecule has 0 radical (unpaired) electrons. The minimum absolute atomic E-state index is 0.505. The minimum atomic E-state index is 0.505. The molecule has 0 aromatic carbocycles.